The average Bonchev–Trinajstić information content (AvgIpc) is 3.29. The Bertz CT molecular complexity index is 895. The van der Waals surface area contributed by atoms with Crippen molar-refractivity contribution in [1.82, 2.24) is 20.0 Å². The number of imide groups is 1. The van der Waals surface area contributed by atoms with Crippen molar-refractivity contribution in [2.45, 2.75) is 19.8 Å². The van der Waals surface area contributed by atoms with Gasteiger partial charge in [-0.15, -0.1) is 5.10 Å². The lowest BCUT2D eigenvalue weighted by atomic mass is 10.1. The summed E-state index contributed by atoms with van der Waals surface area (Å²) in [5.41, 5.74) is 0.699. The molecule has 2 aliphatic heterocycles. The zero-order chi connectivity index (χ0) is 19.8. The summed E-state index contributed by atoms with van der Waals surface area (Å²) < 4.78 is 5.65. The molecule has 0 atom stereocenters. The first-order chi connectivity index (χ1) is 13.5. The monoisotopic (exact) mass is 383 g/mol. The third-order valence-electron chi connectivity index (χ3n) is 5.00. The minimum atomic E-state index is -0.417. The van der Waals surface area contributed by atoms with Crippen molar-refractivity contribution in [3.63, 3.8) is 0 Å². The zero-order valence-corrected chi connectivity index (χ0v) is 15.8. The number of hydrogen-bond acceptors (Lipinski definition) is 7. The van der Waals surface area contributed by atoms with Crippen LogP contribution in [0.1, 0.15) is 46.4 Å². The molecule has 1 aromatic heterocycles. The van der Waals surface area contributed by atoms with Gasteiger partial charge < -0.3 is 14.2 Å². The van der Waals surface area contributed by atoms with E-state index in [1.165, 1.54) is 0 Å². The highest BCUT2D eigenvalue weighted by Crippen LogP contribution is 2.23. The lowest BCUT2D eigenvalue weighted by molar-refractivity contribution is -0.131. The van der Waals surface area contributed by atoms with Gasteiger partial charge in [-0.2, -0.15) is 0 Å². The van der Waals surface area contributed by atoms with Gasteiger partial charge in [0.15, 0.2) is 0 Å². The van der Waals surface area contributed by atoms with Crippen LogP contribution in [0.3, 0.4) is 0 Å². The quantitative estimate of drug-likeness (QED) is 0.730. The number of carbonyl (C=O) groups is 3. The molecule has 3 amide bonds. The van der Waals surface area contributed by atoms with Crippen LogP contribution in [-0.2, 0) is 4.79 Å². The minimum absolute atomic E-state index is 0.156. The normalized spacial score (nSPS) is 16.9. The van der Waals surface area contributed by atoms with E-state index in [0.29, 0.717) is 49.2 Å². The van der Waals surface area contributed by atoms with Gasteiger partial charge in [-0.25, -0.2) is 0 Å². The third kappa shape index (κ3) is 3.12. The topological polar surface area (TPSA) is 99.9 Å². The second-order valence-electron chi connectivity index (χ2n) is 7.19. The number of fused-ring (bicyclic) bond motifs is 1. The first-order valence-electron chi connectivity index (χ1n) is 9.27. The molecule has 1 aromatic carbocycles. The molecule has 3 heterocycles. The summed E-state index contributed by atoms with van der Waals surface area (Å²) in [5, 5.41) is 8.09. The number of carbonyl (C=O) groups excluding carboxylic acids is 3. The summed E-state index contributed by atoms with van der Waals surface area (Å²) in [7, 11) is 0. The minimum Gasteiger partial charge on any atom is -0.408 e. The summed E-state index contributed by atoms with van der Waals surface area (Å²) in [4.78, 5) is 42.1. The van der Waals surface area contributed by atoms with Crippen LogP contribution in [0.15, 0.2) is 28.7 Å². The number of aromatic nitrogens is 2. The van der Waals surface area contributed by atoms with E-state index in [1.54, 1.807) is 29.2 Å². The highest BCUT2D eigenvalue weighted by Gasteiger charge is 2.37. The summed E-state index contributed by atoms with van der Waals surface area (Å²) >= 11 is 0. The Morgan fingerprint density at radius 2 is 1.64 bits per heavy atom. The first-order valence-corrected chi connectivity index (χ1v) is 9.27. The predicted octanol–water partition coefficient (Wildman–Crippen LogP) is 1.14. The van der Waals surface area contributed by atoms with E-state index >= 15 is 0 Å². The SMILES string of the molecule is CC(C)c1nnc(N2CCN(C(=O)CN3C(=O)c4ccccc4C3=O)CC2)o1. The van der Waals surface area contributed by atoms with E-state index in [9.17, 15) is 14.4 Å². The van der Waals surface area contributed by atoms with Gasteiger partial charge in [-0.1, -0.05) is 31.1 Å². The Morgan fingerprint density at radius 1 is 1.04 bits per heavy atom. The lowest BCUT2D eigenvalue weighted by Gasteiger charge is -2.34. The molecule has 0 N–H and O–H groups in total. The van der Waals surface area contributed by atoms with Crippen molar-refractivity contribution in [2.75, 3.05) is 37.6 Å². The molecule has 1 fully saturated rings. The fourth-order valence-corrected chi connectivity index (χ4v) is 3.35. The van der Waals surface area contributed by atoms with E-state index in [-0.39, 0.29) is 18.4 Å². The Balaban J connectivity index is 1.36. The summed E-state index contributed by atoms with van der Waals surface area (Å²) in [6, 6.07) is 7.08. The van der Waals surface area contributed by atoms with Crippen LogP contribution >= 0.6 is 0 Å². The van der Waals surface area contributed by atoms with Crippen molar-refractivity contribution >= 4 is 23.7 Å². The van der Waals surface area contributed by atoms with Gasteiger partial charge in [0.1, 0.15) is 6.54 Å². The van der Waals surface area contributed by atoms with Crippen molar-refractivity contribution in [3.8, 4) is 0 Å². The molecule has 0 aliphatic carbocycles. The standard InChI is InChI=1S/C19H21N5O4/c1-12(2)16-20-21-19(28-16)23-9-7-22(8-10-23)15(25)11-24-17(26)13-5-3-4-6-14(13)18(24)27/h3-6,12H,7-11H2,1-2H3. The fourth-order valence-electron chi connectivity index (χ4n) is 3.35. The van der Waals surface area contributed by atoms with E-state index < -0.39 is 11.8 Å². The Hall–Kier alpha value is -3.23. The molecule has 28 heavy (non-hydrogen) atoms. The van der Waals surface area contributed by atoms with Gasteiger partial charge in [-0.3, -0.25) is 19.3 Å². The number of benzene rings is 1. The van der Waals surface area contributed by atoms with Crippen molar-refractivity contribution in [2.24, 2.45) is 0 Å². The third-order valence-corrected chi connectivity index (χ3v) is 5.00. The van der Waals surface area contributed by atoms with Crippen LogP contribution in [0.2, 0.25) is 0 Å². The zero-order valence-electron chi connectivity index (χ0n) is 15.8. The van der Waals surface area contributed by atoms with Crippen molar-refractivity contribution < 1.29 is 18.8 Å². The molecule has 0 unspecified atom stereocenters. The Kier molecular flexibility index (Phi) is 4.58. The van der Waals surface area contributed by atoms with Crippen molar-refractivity contribution in [1.29, 1.82) is 0 Å². The number of piperazine rings is 1. The summed E-state index contributed by atoms with van der Waals surface area (Å²) in [6.07, 6.45) is 0. The maximum Gasteiger partial charge on any atom is 0.318 e. The Labute approximate surface area is 161 Å². The molecule has 0 spiro atoms. The number of hydrogen-bond donors (Lipinski definition) is 0. The fraction of sp³-hybridized carbons (Fsp3) is 0.421. The van der Waals surface area contributed by atoms with Crippen molar-refractivity contribution in [3.05, 3.63) is 41.3 Å². The molecule has 4 rings (SSSR count). The highest BCUT2D eigenvalue weighted by atomic mass is 16.4. The number of anilines is 1. The molecule has 2 aliphatic rings. The second kappa shape index (κ2) is 7.06. The van der Waals surface area contributed by atoms with Gasteiger partial charge in [0.2, 0.25) is 11.8 Å². The second-order valence-corrected chi connectivity index (χ2v) is 7.19. The van der Waals surface area contributed by atoms with Gasteiger partial charge in [0, 0.05) is 32.1 Å². The molecule has 9 nitrogen and oxygen atoms in total. The molecular formula is C19H21N5O4. The number of nitrogens with zero attached hydrogens (tertiary/aromatic N) is 5. The maximum atomic E-state index is 12.6. The predicted molar refractivity (Wildman–Crippen MR) is 99.0 cm³/mol. The molecule has 0 bridgehead atoms. The maximum absolute atomic E-state index is 12.6. The summed E-state index contributed by atoms with van der Waals surface area (Å²) in [5.74, 6) is -0.343. The smallest absolute Gasteiger partial charge is 0.318 e. The van der Waals surface area contributed by atoms with Crippen LogP contribution in [0.5, 0.6) is 0 Å². The molecule has 146 valence electrons. The lowest BCUT2D eigenvalue weighted by Crippen LogP contribution is -2.52. The molecule has 9 heteroatoms. The Morgan fingerprint density at radius 3 is 2.18 bits per heavy atom. The van der Waals surface area contributed by atoms with E-state index in [0.717, 1.165) is 4.90 Å². The number of amides is 3. The first kappa shape index (κ1) is 18.1. The van der Waals surface area contributed by atoms with Gasteiger partial charge in [0.05, 0.1) is 11.1 Å². The van der Waals surface area contributed by atoms with Gasteiger partial charge in [-0.05, 0) is 12.1 Å². The van der Waals surface area contributed by atoms with Crippen LogP contribution in [0, 0.1) is 0 Å². The number of rotatable bonds is 4. The largest absolute Gasteiger partial charge is 0.408 e. The molecular weight excluding hydrogens is 362 g/mol. The van der Waals surface area contributed by atoms with Crippen LogP contribution in [0.25, 0.3) is 0 Å². The van der Waals surface area contributed by atoms with Crippen LogP contribution in [-0.4, -0.2) is 70.4 Å². The average molecular weight is 383 g/mol. The molecule has 1 saturated heterocycles. The van der Waals surface area contributed by atoms with Crippen LogP contribution in [0.4, 0.5) is 6.01 Å². The van der Waals surface area contributed by atoms with Gasteiger partial charge in [0.25, 0.3) is 11.8 Å². The highest BCUT2D eigenvalue weighted by molar-refractivity contribution is 6.22. The van der Waals surface area contributed by atoms with Crippen LogP contribution < -0.4 is 4.90 Å². The van der Waals surface area contributed by atoms with E-state index in [2.05, 4.69) is 10.2 Å². The summed E-state index contributed by atoms with van der Waals surface area (Å²) in [6.45, 7) is 5.73. The van der Waals surface area contributed by atoms with Gasteiger partial charge >= 0.3 is 6.01 Å². The molecule has 0 radical (unpaired) electrons. The molecule has 0 saturated carbocycles. The van der Waals surface area contributed by atoms with E-state index in [1.807, 2.05) is 18.7 Å². The molecule has 2 aromatic rings. The van der Waals surface area contributed by atoms with E-state index in [4.69, 9.17) is 4.42 Å².